The minimum absolute atomic E-state index is 0.153. The van der Waals surface area contributed by atoms with Crippen molar-refractivity contribution in [1.82, 2.24) is 0 Å². The van der Waals surface area contributed by atoms with Gasteiger partial charge < -0.3 is 29.2 Å². The second kappa shape index (κ2) is 14.1. The van der Waals surface area contributed by atoms with Crippen molar-refractivity contribution >= 4 is 5.97 Å². The zero-order valence-corrected chi connectivity index (χ0v) is 19.6. The zero-order valence-electron chi connectivity index (χ0n) is 19.6. The summed E-state index contributed by atoms with van der Waals surface area (Å²) in [4.78, 5) is 10.8. The number of hydrogen-bond acceptors (Lipinski definition) is 6. The molecule has 2 N–H and O–H groups in total. The molecule has 0 heterocycles. The normalized spacial score (nSPS) is 12.0. The molecule has 7 heteroatoms. The summed E-state index contributed by atoms with van der Waals surface area (Å²) < 4.78 is 23.2. The number of rotatable bonds is 15. The van der Waals surface area contributed by atoms with Crippen molar-refractivity contribution in [2.75, 3.05) is 26.9 Å². The van der Waals surface area contributed by atoms with Gasteiger partial charge in [-0.15, -0.1) is 0 Å². The highest BCUT2D eigenvalue weighted by atomic mass is 16.5. The Kier molecular flexibility index (Phi) is 11.1. The van der Waals surface area contributed by atoms with Crippen LogP contribution in [0, 0.1) is 0 Å². The number of aromatic hydroxyl groups is 1. The second-order valence-electron chi connectivity index (χ2n) is 7.42. The van der Waals surface area contributed by atoms with Gasteiger partial charge in [0.25, 0.3) is 0 Å². The molecule has 0 saturated heterocycles. The zero-order chi connectivity index (χ0) is 24.1. The minimum atomic E-state index is -0.983. The van der Waals surface area contributed by atoms with E-state index in [1.165, 1.54) is 0 Å². The summed E-state index contributed by atoms with van der Waals surface area (Å²) in [6.07, 6.45) is 5.41. The fourth-order valence-corrected chi connectivity index (χ4v) is 3.29. The van der Waals surface area contributed by atoms with Gasteiger partial charge in [0.2, 0.25) is 0 Å². The van der Waals surface area contributed by atoms with E-state index in [2.05, 4.69) is 6.92 Å². The van der Waals surface area contributed by atoms with Gasteiger partial charge in [0.15, 0.2) is 11.5 Å². The Labute approximate surface area is 195 Å². The van der Waals surface area contributed by atoms with Gasteiger partial charge in [0.05, 0.1) is 26.4 Å². The van der Waals surface area contributed by atoms with Crippen molar-refractivity contribution in [3.8, 4) is 23.0 Å². The summed E-state index contributed by atoms with van der Waals surface area (Å²) in [6, 6.07) is 10.7. The maximum atomic E-state index is 10.8. The van der Waals surface area contributed by atoms with Crippen molar-refractivity contribution < 1.29 is 34.0 Å². The number of phenolic OH excluding ortho intramolecular Hbond substituents is 1. The van der Waals surface area contributed by atoms with E-state index in [0.717, 1.165) is 30.0 Å². The quantitative estimate of drug-likeness (QED) is 0.276. The Morgan fingerprint density at radius 3 is 2.52 bits per heavy atom. The van der Waals surface area contributed by atoms with Crippen LogP contribution >= 0.6 is 0 Å². The van der Waals surface area contributed by atoms with Crippen LogP contribution in [0.2, 0.25) is 0 Å². The molecule has 0 aromatic heterocycles. The number of carboxylic acids is 1. The molecule has 0 aliphatic rings. The van der Waals surface area contributed by atoms with Gasteiger partial charge in [0.1, 0.15) is 11.5 Å². The first-order chi connectivity index (χ1) is 16.0. The maximum Gasteiger partial charge on any atom is 0.327 e. The summed E-state index contributed by atoms with van der Waals surface area (Å²) in [5, 5.41) is 18.5. The smallest absolute Gasteiger partial charge is 0.327 e. The highest BCUT2D eigenvalue weighted by Gasteiger charge is 2.15. The molecule has 180 valence electrons. The van der Waals surface area contributed by atoms with Crippen LogP contribution in [0.5, 0.6) is 23.0 Å². The predicted molar refractivity (Wildman–Crippen MR) is 126 cm³/mol. The van der Waals surface area contributed by atoms with Crippen LogP contribution in [0.4, 0.5) is 0 Å². The minimum Gasteiger partial charge on any atom is -0.508 e. The van der Waals surface area contributed by atoms with Gasteiger partial charge in [-0.1, -0.05) is 31.6 Å². The number of benzene rings is 2. The molecule has 0 fully saturated rings. The maximum absolute atomic E-state index is 10.8. The topological polar surface area (TPSA) is 94.5 Å². The third-order valence-electron chi connectivity index (χ3n) is 4.97. The number of phenols is 1. The summed E-state index contributed by atoms with van der Waals surface area (Å²) in [6.45, 7) is 5.48. The van der Waals surface area contributed by atoms with E-state index in [0.29, 0.717) is 49.9 Å². The molecule has 0 bridgehead atoms. The van der Waals surface area contributed by atoms with Crippen LogP contribution < -0.4 is 14.2 Å². The van der Waals surface area contributed by atoms with Crippen LogP contribution in [-0.4, -0.2) is 43.1 Å². The lowest BCUT2D eigenvalue weighted by molar-refractivity contribution is -0.131. The third-order valence-corrected chi connectivity index (χ3v) is 4.97. The molecule has 2 rings (SSSR count). The molecule has 0 saturated carbocycles. The van der Waals surface area contributed by atoms with Crippen LogP contribution in [0.15, 0.2) is 48.6 Å². The van der Waals surface area contributed by atoms with Gasteiger partial charge in [-0.05, 0) is 49.1 Å². The van der Waals surface area contributed by atoms with E-state index in [-0.39, 0.29) is 11.9 Å². The number of unbranched alkanes of at least 4 members (excludes halogenated alkanes) is 1. The molecule has 1 atom stereocenters. The monoisotopic (exact) mass is 458 g/mol. The molecule has 0 spiro atoms. The SMILES string of the molecule is CCCCOc1cc(C(CC=CC(=O)O)OCC)ccc1OCCc1ccc(O)cc1OC. The van der Waals surface area contributed by atoms with Crippen molar-refractivity contribution in [3.05, 3.63) is 59.7 Å². The Morgan fingerprint density at radius 1 is 1.03 bits per heavy atom. The average molecular weight is 459 g/mol. The summed E-state index contributed by atoms with van der Waals surface area (Å²) >= 11 is 0. The number of ether oxygens (including phenoxy) is 4. The molecule has 0 aliphatic carbocycles. The fraction of sp³-hybridized carbons (Fsp3) is 0.423. The summed E-state index contributed by atoms with van der Waals surface area (Å²) in [5.74, 6) is 1.04. The Morgan fingerprint density at radius 2 is 1.82 bits per heavy atom. The lowest BCUT2D eigenvalue weighted by atomic mass is 10.1. The van der Waals surface area contributed by atoms with Crippen molar-refractivity contribution in [2.24, 2.45) is 0 Å². The van der Waals surface area contributed by atoms with Crippen molar-refractivity contribution in [2.45, 2.75) is 45.6 Å². The number of hydrogen-bond donors (Lipinski definition) is 2. The fourth-order valence-electron chi connectivity index (χ4n) is 3.29. The number of aliphatic carboxylic acids is 1. The third kappa shape index (κ3) is 8.69. The first kappa shape index (κ1) is 26.1. The summed E-state index contributed by atoms with van der Waals surface area (Å²) in [5.41, 5.74) is 1.83. The molecular weight excluding hydrogens is 424 g/mol. The van der Waals surface area contributed by atoms with Crippen LogP contribution in [0.3, 0.4) is 0 Å². The molecule has 1 unspecified atom stereocenters. The Hall–Kier alpha value is -3.19. The van der Waals surface area contributed by atoms with Gasteiger partial charge >= 0.3 is 5.97 Å². The Balaban J connectivity index is 2.16. The highest BCUT2D eigenvalue weighted by Crippen LogP contribution is 2.34. The molecule has 0 amide bonds. The van der Waals surface area contributed by atoms with Gasteiger partial charge in [-0.2, -0.15) is 0 Å². The van der Waals surface area contributed by atoms with Crippen LogP contribution in [0.25, 0.3) is 0 Å². The number of methoxy groups -OCH3 is 1. The van der Waals surface area contributed by atoms with E-state index >= 15 is 0 Å². The van der Waals surface area contributed by atoms with E-state index in [1.807, 2.05) is 31.2 Å². The largest absolute Gasteiger partial charge is 0.508 e. The predicted octanol–water partition coefficient (Wildman–Crippen LogP) is 5.31. The molecule has 2 aromatic carbocycles. The molecule has 0 aliphatic heterocycles. The molecule has 33 heavy (non-hydrogen) atoms. The van der Waals surface area contributed by atoms with E-state index in [9.17, 15) is 9.90 Å². The van der Waals surface area contributed by atoms with E-state index in [4.69, 9.17) is 24.1 Å². The lowest BCUT2D eigenvalue weighted by Gasteiger charge is -2.19. The summed E-state index contributed by atoms with van der Waals surface area (Å²) in [7, 11) is 1.57. The Bertz CT molecular complexity index is 908. The first-order valence-corrected chi connectivity index (χ1v) is 11.2. The molecule has 0 radical (unpaired) electrons. The number of carbonyl (C=O) groups is 1. The molecule has 7 nitrogen and oxygen atoms in total. The number of carboxylic acid groups (broad SMARTS) is 1. The molecule has 2 aromatic rings. The van der Waals surface area contributed by atoms with E-state index < -0.39 is 5.97 Å². The van der Waals surface area contributed by atoms with E-state index in [1.54, 1.807) is 25.3 Å². The second-order valence-corrected chi connectivity index (χ2v) is 7.42. The van der Waals surface area contributed by atoms with Crippen LogP contribution in [0.1, 0.15) is 50.3 Å². The van der Waals surface area contributed by atoms with Crippen molar-refractivity contribution in [1.29, 1.82) is 0 Å². The van der Waals surface area contributed by atoms with Gasteiger partial charge in [-0.3, -0.25) is 0 Å². The lowest BCUT2D eigenvalue weighted by Crippen LogP contribution is -2.08. The molecular formula is C26H34O7. The average Bonchev–Trinajstić information content (AvgIpc) is 2.80. The standard InChI is InChI=1S/C26H34O7/c1-4-6-15-32-25-17-20(22(31-5-2)8-7-9-26(28)29)11-13-23(25)33-16-14-19-10-12-21(27)18-24(19)30-3/h7,9-13,17-18,22,27H,4-6,8,14-16H2,1-3H3,(H,28,29). The van der Waals surface area contributed by atoms with Crippen LogP contribution in [-0.2, 0) is 16.0 Å². The van der Waals surface area contributed by atoms with Gasteiger partial charge in [0, 0.05) is 25.2 Å². The van der Waals surface area contributed by atoms with Gasteiger partial charge in [-0.25, -0.2) is 4.79 Å². The first-order valence-electron chi connectivity index (χ1n) is 11.2. The van der Waals surface area contributed by atoms with Crippen molar-refractivity contribution in [3.63, 3.8) is 0 Å². The highest BCUT2D eigenvalue weighted by molar-refractivity contribution is 5.79.